The highest BCUT2D eigenvalue weighted by Gasteiger charge is 2.30. The third-order valence-corrected chi connectivity index (χ3v) is 19.9. The van der Waals surface area contributed by atoms with Gasteiger partial charge in [0.05, 0.1) is 26.4 Å². The number of ether oxygens (including phenoxy) is 4. The number of aliphatic hydroxyl groups is 1. The topological polar surface area (TPSA) is 237 Å². The molecule has 0 aliphatic carbocycles. The minimum absolute atomic E-state index is 0.0781. The number of phosphoric acid groups is 2. The summed E-state index contributed by atoms with van der Waals surface area (Å²) in [4.78, 5) is 73.0. The first-order chi connectivity index (χ1) is 48.9. The minimum Gasteiger partial charge on any atom is -0.462 e. The van der Waals surface area contributed by atoms with E-state index in [0.717, 1.165) is 134 Å². The van der Waals surface area contributed by atoms with Gasteiger partial charge in [0, 0.05) is 25.7 Å². The Morgan fingerprint density at radius 3 is 0.802 bits per heavy atom. The Morgan fingerprint density at radius 1 is 0.307 bits per heavy atom. The van der Waals surface area contributed by atoms with Crippen molar-refractivity contribution in [1.29, 1.82) is 0 Å². The molecule has 0 aliphatic rings. The van der Waals surface area contributed by atoms with Crippen LogP contribution in [0.4, 0.5) is 0 Å². The average Bonchev–Trinajstić information content (AvgIpc) is 0.923. The van der Waals surface area contributed by atoms with Crippen molar-refractivity contribution in [2.24, 2.45) is 11.8 Å². The summed E-state index contributed by atoms with van der Waals surface area (Å²) in [5.41, 5.74) is 0. The molecule has 0 aliphatic heterocycles. The van der Waals surface area contributed by atoms with Gasteiger partial charge >= 0.3 is 39.5 Å². The molecule has 3 unspecified atom stereocenters. The molecule has 0 bridgehead atoms. The van der Waals surface area contributed by atoms with E-state index in [2.05, 4.69) is 90.2 Å². The number of hydrogen-bond donors (Lipinski definition) is 3. The lowest BCUT2D eigenvalue weighted by Crippen LogP contribution is -2.30. The monoisotopic (exact) mass is 1470 g/mol. The maximum Gasteiger partial charge on any atom is 0.472 e. The molecule has 0 heterocycles. The molecule has 0 aromatic carbocycles. The number of phosphoric ester groups is 2. The largest absolute Gasteiger partial charge is 0.472 e. The lowest BCUT2D eigenvalue weighted by molar-refractivity contribution is -0.161. The van der Waals surface area contributed by atoms with Crippen molar-refractivity contribution in [3.8, 4) is 0 Å². The van der Waals surface area contributed by atoms with Gasteiger partial charge in [0.1, 0.15) is 19.3 Å². The number of unbranched alkanes of at least 4 members (excludes halogenated alkanes) is 41. The van der Waals surface area contributed by atoms with Crippen LogP contribution in [0, 0.1) is 11.8 Å². The van der Waals surface area contributed by atoms with Crippen molar-refractivity contribution in [3.05, 3.63) is 48.6 Å². The average molecular weight is 1470 g/mol. The van der Waals surface area contributed by atoms with E-state index in [1.54, 1.807) is 0 Å². The first kappa shape index (κ1) is 98.0. The van der Waals surface area contributed by atoms with E-state index in [1.807, 2.05) is 0 Å². The molecular formula is C82H152O17P2. The zero-order valence-corrected chi connectivity index (χ0v) is 67.0. The summed E-state index contributed by atoms with van der Waals surface area (Å²) in [6.07, 6.45) is 68.4. The summed E-state index contributed by atoms with van der Waals surface area (Å²) in [6.45, 7) is 9.48. The van der Waals surface area contributed by atoms with Crippen LogP contribution in [0.2, 0.25) is 0 Å². The Bertz CT molecular complexity index is 2130. The van der Waals surface area contributed by atoms with Crippen LogP contribution in [-0.4, -0.2) is 96.7 Å². The van der Waals surface area contributed by atoms with E-state index >= 15 is 0 Å². The fourth-order valence-electron chi connectivity index (χ4n) is 11.6. The Kier molecular flexibility index (Phi) is 70.4. The second-order valence-electron chi connectivity index (χ2n) is 29.1. The van der Waals surface area contributed by atoms with Gasteiger partial charge in [-0.05, 0) is 88.9 Å². The standard InChI is InChI=1S/C82H152O17P2/c1-7-9-11-13-15-17-19-21-27-32-36-40-46-52-58-64-79(84)92-70-77(98-81(86)66-60-54-47-41-37-33-28-22-20-18-16-14-12-10-8-2)72-96-100(88,89)94-68-76(83)69-95-101(90,91)97-73-78(71-93-80(85)65-59-53-49-43-45-51-57-63-75(5)6)99-82(87)67-61-55-48-42-38-34-30-26-24-23-25-29-31-35-39-44-50-56-62-74(3)4/h17-22,27-28,74-78,83H,7-16,23-26,29-73H2,1-6H3,(H,88,89)(H,90,91)/b19-17-,20-18-,27-21-,28-22-/t76?,77-,78-/m1/s1. The SMILES string of the molecule is CCCCCC/C=C\C=C/CCCCCCCC(=O)OC[C@H](COP(=O)(O)OCC(O)COP(=O)(O)OC[C@@H](COC(=O)CCCCCCCCCC(C)C)OC(=O)CCCCCCCCCCCCCCCCCCCCC(C)C)OC(=O)CCCCCCC/C=C\C=C/CCCCCC. The van der Waals surface area contributed by atoms with Crippen molar-refractivity contribution >= 4 is 39.5 Å². The molecule has 0 rings (SSSR count). The molecule has 0 aromatic heterocycles. The van der Waals surface area contributed by atoms with E-state index < -0.39 is 97.5 Å². The van der Waals surface area contributed by atoms with Gasteiger partial charge in [0.2, 0.25) is 0 Å². The van der Waals surface area contributed by atoms with Crippen LogP contribution in [0.25, 0.3) is 0 Å². The second-order valence-corrected chi connectivity index (χ2v) is 32.0. The van der Waals surface area contributed by atoms with Gasteiger partial charge in [-0.3, -0.25) is 37.3 Å². The molecular weight excluding hydrogens is 1320 g/mol. The van der Waals surface area contributed by atoms with E-state index in [0.29, 0.717) is 31.6 Å². The number of allylic oxidation sites excluding steroid dienone is 8. The lowest BCUT2D eigenvalue weighted by Gasteiger charge is -2.21. The Labute approximate surface area is 617 Å². The van der Waals surface area contributed by atoms with Crippen molar-refractivity contribution in [1.82, 2.24) is 0 Å². The molecule has 0 fully saturated rings. The quantitative estimate of drug-likeness (QED) is 0.0169. The Morgan fingerprint density at radius 2 is 0.535 bits per heavy atom. The summed E-state index contributed by atoms with van der Waals surface area (Å²) in [7, 11) is -9.94. The molecule has 0 aromatic rings. The normalized spacial score (nSPS) is 14.2. The van der Waals surface area contributed by atoms with Crippen LogP contribution in [0.15, 0.2) is 48.6 Å². The number of aliphatic hydroxyl groups excluding tert-OH is 1. The predicted molar refractivity (Wildman–Crippen MR) is 413 cm³/mol. The maximum atomic E-state index is 13.1. The van der Waals surface area contributed by atoms with E-state index in [9.17, 15) is 43.2 Å². The summed E-state index contributed by atoms with van der Waals surface area (Å²) in [5, 5.41) is 10.6. The molecule has 0 spiro atoms. The van der Waals surface area contributed by atoms with E-state index in [4.69, 9.17) is 37.0 Å². The third-order valence-electron chi connectivity index (χ3n) is 18.0. The van der Waals surface area contributed by atoms with Crippen molar-refractivity contribution < 1.29 is 80.2 Å². The van der Waals surface area contributed by atoms with Gasteiger partial charge < -0.3 is 33.8 Å². The molecule has 17 nitrogen and oxygen atoms in total. The summed E-state index contributed by atoms with van der Waals surface area (Å²) in [5.74, 6) is -0.651. The van der Waals surface area contributed by atoms with E-state index in [-0.39, 0.29) is 25.7 Å². The number of carbonyl (C=O) groups is 4. The molecule has 0 saturated carbocycles. The summed E-state index contributed by atoms with van der Waals surface area (Å²) >= 11 is 0. The number of hydrogen-bond acceptors (Lipinski definition) is 15. The molecule has 5 atom stereocenters. The van der Waals surface area contributed by atoms with Crippen LogP contribution in [0.3, 0.4) is 0 Å². The number of esters is 4. The Hall–Kier alpha value is -2.98. The highest BCUT2D eigenvalue weighted by molar-refractivity contribution is 7.47. The Balaban J connectivity index is 5.27. The van der Waals surface area contributed by atoms with Gasteiger partial charge in [-0.25, -0.2) is 9.13 Å². The molecule has 0 saturated heterocycles. The zero-order chi connectivity index (χ0) is 74.2. The fraction of sp³-hybridized carbons (Fsp3) is 0.854. The molecule has 0 radical (unpaired) electrons. The molecule has 3 N–H and O–H groups in total. The van der Waals surface area contributed by atoms with Gasteiger partial charge in [0.25, 0.3) is 0 Å². The van der Waals surface area contributed by atoms with Crippen LogP contribution < -0.4 is 0 Å². The highest BCUT2D eigenvalue weighted by atomic mass is 31.2. The molecule has 101 heavy (non-hydrogen) atoms. The molecule has 19 heteroatoms. The molecule has 592 valence electrons. The van der Waals surface area contributed by atoms with Gasteiger partial charge in [0.15, 0.2) is 12.2 Å². The minimum atomic E-state index is -4.98. The van der Waals surface area contributed by atoms with Crippen molar-refractivity contribution in [2.75, 3.05) is 39.6 Å². The second kappa shape index (κ2) is 72.6. The third kappa shape index (κ3) is 75.1. The van der Waals surface area contributed by atoms with Gasteiger partial charge in [-0.1, -0.05) is 328 Å². The molecule has 0 amide bonds. The van der Waals surface area contributed by atoms with Crippen LogP contribution in [-0.2, 0) is 65.4 Å². The summed E-state index contributed by atoms with van der Waals surface area (Å²) < 4.78 is 68.6. The van der Waals surface area contributed by atoms with Crippen LogP contribution in [0.1, 0.15) is 382 Å². The van der Waals surface area contributed by atoms with Crippen molar-refractivity contribution in [3.63, 3.8) is 0 Å². The van der Waals surface area contributed by atoms with Gasteiger partial charge in [-0.2, -0.15) is 0 Å². The van der Waals surface area contributed by atoms with Crippen LogP contribution in [0.5, 0.6) is 0 Å². The highest BCUT2D eigenvalue weighted by Crippen LogP contribution is 2.45. The van der Waals surface area contributed by atoms with Gasteiger partial charge in [-0.15, -0.1) is 0 Å². The van der Waals surface area contributed by atoms with E-state index in [1.165, 1.54) is 161 Å². The number of carbonyl (C=O) groups excluding carboxylic acids is 4. The van der Waals surface area contributed by atoms with Crippen LogP contribution >= 0.6 is 15.6 Å². The zero-order valence-electron chi connectivity index (χ0n) is 65.2. The number of rotatable bonds is 77. The maximum absolute atomic E-state index is 13.1. The van der Waals surface area contributed by atoms with Crippen molar-refractivity contribution in [2.45, 2.75) is 400 Å². The first-order valence-corrected chi connectivity index (χ1v) is 44.1. The predicted octanol–water partition coefficient (Wildman–Crippen LogP) is 23.8. The smallest absolute Gasteiger partial charge is 0.462 e. The lowest BCUT2D eigenvalue weighted by atomic mass is 10.0. The first-order valence-electron chi connectivity index (χ1n) is 41.1. The summed E-state index contributed by atoms with van der Waals surface area (Å²) in [6, 6.07) is 0. The fourth-order valence-corrected chi connectivity index (χ4v) is 13.2.